The van der Waals surface area contributed by atoms with Crippen LogP contribution >= 0.6 is 0 Å². The second kappa shape index (κ2) is 5.52. The lowest BCUT2D eigenvalue weighted by Gasteiger charge is -2.32. The van der Waals surface area contributed by atoms with Crippen molar-refractivity contribution in [1.82, 2.24) is 10.2 Å². The maximum atomic E-state index is 11.5. The zero-order valence-electron chi connectivity index (χ0n) is 11.7. The number of carbonyl (C=O) groups excluding carboxylic acids is 1. The first-order valence-corrected chi connectivity index (χ1v) is 7.08. The molecule has 0 bridgehead atoms. The number of esters is 1. The van der Waals surface area contributed by atoms with Gasteiger partial charge in [-0.05, 0) is 24.1 Å². The summed E-state index contributed by atoms with van der Waals surface area (Å²) in [6.07, 6.45) is 0.125. The van der Waals surface area contributed by atoms with Gasteiger partial charge in [-0.3, -0.25) is 4.90 Å². The van der Waals surface area contributed by atoms with Gasteiger partial charge in [0.2, 0.25) is 0 Å². The highest BCUT2D eigenvalue weighted by Gasteiger charge is 2.25. The molecule has 0 amide bonds. The van der Waals surface area contributed by atoms with Crippen LogP contribution in [0.25, 0.3) is 0 Å². The number of hydrogen-bond acceptors (Lipinski definition) is 5. The first-order valence-electron chi connectivity index (χ1n) is 7.08. The molecule has 0 spiro atoms. The smallest absolute Gasteiger partial charge is 0.338 e. The van der Waals surface area contributed by atoms with Gasteiger partial charge in [0.25, 0.3) is 0 Å². The van der Waals surface area contributed by atoms with E-state index in [2.05, 4.69) is 10.2 Å². The molecule has 0 radical (unpaired) electrons. The molecule has 5 heteroatoms. The van der Waals surface area contributed by atoms with Crippen LogP contribution in [0.3, 0.4) is 0 Å². The molecule has 0 saturated carbocycles. The van der Waals surface area contributed by atoms with Crippen LogP contribution in [0, 0.1) is 6.92 Å². The standard InChI is InChI=1S/C15H20N2O3/c1-10-11(2-3-12-13(10)9-20-15(12)19)8-14(18)17-6-4-16-5-7-17/h2-3,14,16,18H,4-9H2,1H3. The highest BCUT2D eigenvalue weighted by molar-refractivity contribution is 5.93. The van der Waals surface area contributed by atoms with Crippen molar-refractivity contribution in [2.45, 2.75) is 26.2 Å². The lowest BCUT2D eigenvalue weighted by molar-refractivity contribution is -0.00280. The first kappa shape index (κ1) is 13.5. The molecule has 108 valence electrons. The number of piperazine rings is 1. The Morgan fingerprint density at radius 3 is 2.90 bits per heavy atom. The minimum Gasteiger partial charge on any atom is -0.457 e. The molecule has 3 rings (SSSR count). The van der Waals surface area contributed by atoms with Crippen molar-refractivity contribution in [2.75, 3.05) is 26.2 Å². The highest BCUT2D eigenvalue weighted by Crippen LogP contribution is 2.26. The van der Waals surface area contributed by atoms with E-state index < -0.39 is 6.23 Å². The predicted molar refractivity (Wildman–Crippen MR) is 74.5 cm³/mol. The molecule has 1 atom stereocenters. The zero-order chi connectivity index (χ0) is 14.1. The minimum atomic E-state index is -0.466. The van der Waals surface area contributed by atoms with Crippen LogP contribution in [0.1, 0.15) is 27.0 Å². The third-order valence-electron chi connectivity index (χ3n) is 4.25. The van der Waals surface area contributed by atoms with Crippen molar-refractivity contribution < 1.29 is 14.6 Å². The SMILES string of the molecule is Cc1c(CC(O)N2CCNCC2)ccc2c1COC2=O. The van der Waals surface area contributed by atoms with Gasteiger partial charge in [-0.1, -0.05) is 6.07 Å². The normalized spacial score (nSPS) is 20.6. The van der Waals surface area contributed by atoms with Gasteiger partial charge >= 0.3 is 5.97 Å². The average Bonchev–Trinajstić information content (AvgIpc) is 2.85. The molecule has 2 N–H and O–H groups in total. The van der Waals surface area contributed by atoms with Crippen molar-refractivity contribution in [3.05, 3.63) is 34.4 Å². The second-order valence-electron chi connectivity index (χ2n) is 5.42. The first-order chi connectivity index (χ1) is 9.66. The Morgan fingerprint density at radius 2 is 2.15 bits per heavy atom. The van der Waals surface area contributed by atoms with Crippen LogP contribution < -0.4 is 5.32 Å². The van der Waals surface area contributed by atoms with Crippen molar-refractivity contribution in [2.24, 2.45) is 0 Å². The van der Waals surface area contributed by atoms with Crippen molar-refractivity contribution in [1.29, 1.82) is 0 Å². The van der Waals surface area contributed by atoms with Crippen molar-refractivity contribution in [3.8, 4) is 0 Å². The number of nitrogens with one attached hydrogen (secondary N) is 1. The number of aliphatic hydroxyl groups excluding tert-OH is 1. The molecule has 20 heavy (non-hydrogen) atoms. The second-order valence-corrected chi connectivity index (χ2v) is 5.42. The summed E-state index contributed by atoms with van der Waals surface area (Å²) >= 11 is 0. The molecule has 2 aliphatic heterocycles. The van der Waals surface area contributed by atoms with Crippen LogP contribution in [0.2, 0.25) is 0 Å². The number of aliphatic hydroxyl groups is 1. The zero-order valence-corrected chi connectivity index (χ0v) is 11.7. The lowest BCUT2D eigenvalue weighted by Crippen LogP contribution is -2.49. The summed E-state index contributed by atoms with van der Waals surface area (Å²) in [5.74, 6) is -0.239. The molecule has 1 aromatic rings. The quantitative estimate of drug-likeness (QED) is 0.784. The van der Waals surface area contributed by atoms with Gasteiger partial charge < -0.3 is 15.2 Å². The van der Waals surface area contributed by atoms with E-state index >= 15 is 0 Å². The number of cyclic esters (lactones) is 1. The summed E-state index contributed by atoms with van der Waals surface area (Å²) in [5.41, 5.74) is 3.80. The molecular weight excluding hydrogens is 256 g/mol. The third-order valence-corrected chi connectivity index (χ3v) is 4.25. The van der Waals surface area contributed by atoms with E-state index in [0.717, 1.165) is 42.9 Å². The van der Waals surface area contributed by atoms with Gasteiger partial charge in [0, 0.05) is 38.2 Å². The topological polar surface area (TPSA) is 61.8 Å². The fraction of sp³-hybridized carbons (Fsp3) is 0.533. The van der Waals surface area contributed by atoms with Gasteiger partial charge in [0.05, 0.1) is 5.56 Å². The summed E-state index contributed by atoms with van der Waals surface area (Å²) in [6, 6.07) is 3.75. The molecule has 1 unspecified atom stereocenters. The largest absolute Gasteiger partial charge is 0.457 e. The number of hydrogen-bond donors (Lipinski definition) is 2. The van der Waals surface area contributed by atoms with Crippen molar-refractivity contribution in [3.63, 3.8) is 0 Å². The Hall–Kier alpha value is -1.43. The molecule has 0 aliphatic carbocycles. The van der Waals surface area contributed by atoms with Gasteiger partial charge in [-0.25, -0.2) is 4.79 Å². The molecule has 2 heterocycles. The monoisotopic (exact) mass is 276 g/mol. The molecule has 0 aromatic heterocycles. The summed E-state index contributed by atoms with van der Waals surface area (Å²) < 4.78 is 5.06. The maximum absolute atomic E-state index is 11.5. The van der Waals surface area contributed by atoms with Gasteiger partial charge in [0.1, 0.15) is 12.8 Å². The van der Waals surface area contributed by atoms with Gasteiger partial charge in [-0.2, -0.15) is 0 Å². The van der Waals surface area contributed by atoms with Crippen LogP contribution in [-0.2, 0) is 17.8 Å². The summed E-state index contributed by atoms with van der Waals surface area (Å²) in [5, 5.41) is 13.6. The summed E-state index contributed by atoms with van der Waals surface area (Å²) in [6.45, 7) is 5.93. The van der Waals surface area contributed by atoms with E-state index in [4.69, 9.17) is 4.74 Å². The van der Waals surface area contributed by atoms with E-state index in [0.29, 0.717) is 18.6 Å². The number of rotatable bonds is 3. The molecule has 2 aliphatic rings. The van der Waals surface area contributed by atoms with Crippen LogP contribution in [0.5, 0.6) is 0 Å². The van der Waals surface area contributed by atoms with E-state index in [-0.39, 0.29) is 5.97 Å². The number of nitrogens with zero attached hydrogens (tertiary/aromatic N) is 1. The van der Waals surface area contributed by atoms with Crippen LogP contribution in [-0.4, -0.2) is 48.4 Å². The number of ether oxygens (including phenoxy) is 1. The average molecular weight is 276 g/mol. The van der Waals surface area contributed by atoms with Crippen LogP contribution in [0.4, 0.5) is 0 Å². The Bertz CT molecular complexity index is 524. The lowest BCUT2D eigenvalue weighted by atomic mass is 9.96. The number of benzene rings is 1. The van der Waals surface area contributed by atoms with Crippen molar-refractivity contribution >= 4 is 5.97 Å². The molecule has 1 saturated heterocycles. The van der Waals surface area contributed by atoms with Gasteiger partial charge in [-0.15, -0.1) is 0 Å². The Kier molecular flexibility index (Phi) is 3.74. The Balaban J connectivity index is 1.76. The fourth-order valence-corrected chi connectivity index (χ4v) is 2.93. The molecule has 1 fully saturated rings. The van der Waals surface area contributed by atoms with E-state index in [1.807, 2.05) is 19.1 Å². The third kappa shape index (κ3) is 2.44. The van der Waals surface area contributed by atoms with E-state index in [1.54, 1.807) is 0 Å². The molecule has 5 nitrogen and oxygen atoms in total. The molecular formula is C15H20N2O3. The maximum Gasteiger partial charge on any atom is 0.338 e. The summed E-state index contributed by atoms with van der Waals surface area (Å²) in [7, 11) is 0. The fourth-order valence-electron chi connectivity index (χ4n) is 2.93. The predicted octanol–water partition coefficient (Wildman–Crippen LogP) is 0.432. The van der Waals surface area contributed by atoms with E-state index in [1.165, 1.54) is 0 Å². The Morgan fingerprint density at radius 1 is 1.40 bits per heavy atom. The molecule has 1 aromatic carbocycles. The number of carbonyl (C=O) groups is 1. The Labute approximate surface area is 118 Å². The van der Waals surface area contributed by atoms with Gasteiger partial charge in [0.15, 0.2) is 0 Å². The minimum absolute atomic E-state index is 0.239. The number of fused-ring (bicyclic) bond motifs is 1. The summed E-state index contributed by atoms with van der Waals surface area (Å²) in [4.78, 5) is 13.6. The van der Waals surface area contributed by atoms with E-state index in [9.17, 15) is 9.90 Å². The highest BCUT2D eigenvalue weighted by atomic mass is 16.5. The van der Waals surface area contributed by atoms with Crippen LogP contribution in [0.15, 0.2) is 12.1 Å².